The van der Waals surface area contributed by atoms with Gasteiger partial charge in [-0.1, -0.05) is 0 Å². The summed E-state index contributed by atoms with van der Waals surface area (Å²) in [6, 6.07) is 0. The molecule has 2 aliphatic rings. The fraction of sp³-hybridized carbons (Fsp3) is 0.917. The zero-order valence-electron chi connectivity index (χ0n) is 10.9. The molecule has 0 saturated carbocycles. The Labute approximate surface area is 102 Å². The number of hydrogen-bond donors (Lipinski definition) is 1. The van der Waals surface area contributed by atoms with Crippen LogP contribution in [-0.4, -0.2) is 47.9 Å². The summed E-state index contributed by atoms with van der Waals surface area (Å²) >= 11 is 0. The summed E-state index contributed by atoms with van der Waals surface area (Å²) in [4.78, 5) is 13.6. The molecule has 2 fully saturated rings. The van der Waals surface area contributed by atoms with Crippen LogP contribution in [0.3, 0.4) is 0 Å². The van der Waals surface area contributed by atoms with Crippen molar-refractivity contribution in [3.05, 3.63) is 0 Å². The van der Waals surface area contributed by atoms with Gasteiger partial charge >= 0.3 is 6.09 Å². The first kappa shape index (κ1) is 12.6. The van der Waals surface area contributed by atoms with Gasteiger partial charge in [0.15, 0.2) is 0 Å². The van der Waals surface area contributed by atoms with Crippen LogP contribution >= 0.6 is 0 Å². The van der Waals surface area contributed by atoms with Crippen molar-refractivity contribution in [2.24, 2.45) is 5.73 Å². The average Bonchev–Trinajstić information content (AvgIpc) is 2.98. The van der Waals surface area contributed by atoms with Crippen molar-refractivity contribution in [1.82, 2.24) is 4.90 Å². The van der Waals surface area contributed by atoms with E-state index in [9.17, 15) is 4.79 Å². The second-order valence-electron chi connectivity index (χ2n) is 6.02. The largest absolute Gasteiger partial charge is 0.444 e. The van der Waals surface area contributed by atoms with Gasteiger partial charge in [-0.2, -0.15) is 0 Å². The van der Waals surface area contributed by atoms with Gasteiger partial charge in [0, 0.05) is 18.6 Å². The lowest BCUT2D eigenvalue weighted by atomic mass is 9.86. The Bertz CT molecular complexity index is 299. The molecule has 2 N–H and O–H groups in total. The van der Waals surface area contributed by atoms with Crippen molar-refractivity contribution >= 4 is 6.09 Å². The lowest BCUT2D eigenvalue weighted by Crippen LogP contribution is -2.55. The Morgan fingerprint density at radius 2 is 1.94 bits per heavy atom. The number of likely N-dealkylation sites (tertiary alicyclic amines) is 1. The maximum Gasteiger partial charge on any atom is 0.410 e. The minimum atomic E-state index is -0.437. The highest BCUT2D eigenvalue weighted by molar-refractivity contribution is 5.68. The molecular weight excluding hydrogens is 220 g/mol. The molecule has 1 unspecified atom stereocenters. The molecule has 2 rings (SSSR count). The topological polar surface area (TPSA) is 68.1 Å². The molecule has 2 aliphatic heterocycles. The van der Waals surface area contributed by atoms with Gasteiger partial charge in [-0.25, -0.2) is 4.79 Å². The van der Waals surface area contributed by atoms with Crippen molar-refractivity contribution < 1.29 is 14.3 Å². The minimum Gasteiger partial charge on any atom is -0.444 e. The van der Waals surface area contributed by atoms with E-state index in [1.165, 1.54) is 0 Å². The number of rotatable bonds is 1. The fourth-order valence-corrected chi connectivity index (χ4v) is 2.13. The molecule has 0 bridgehead atoms. The standard InChI is InChI=1S/C12H22N2O3/c1-11(2,3)17-10(15)14-6-4-12(13,5-7-14)9-8-16-9/h9H,4-8,13H2,1-3H3. The van der Waals surface area contributed by atoms with Crippen LogP contribution in [0, 0.1) is 0 Å². The number of nitrogens with two attached hydrogens (primary N) is 1. The molecule has 0 radical (unpaired) electrons. The summed E-state index contributed by atoms with van der Waals surface area (Å²) in [7, 11) is 0. The molecule has 5 heteroatoms. The SMILES string of the molecule is CC(C)(C)OC(=O)N1CCC(N)(C2CO2)CC1. The molecule has 5 nitrogen and oxygen atoms in total. The fourth-order valence-electron chi connectivity index (χ4n) is 2.13. The van der Waals surface area contributed by atoms with E-state index in [0.29, 0.717) is 13.1 Å². The van der Waals surface area contributed by atoms with E-state index in [-0.39, 0.29) is 17.7 Å². The monoisotopic (exact) mass is 242 g/mol. The summed E-state index contributed by atoms with van der Waals surface area (Å²) < 4.78 is 10.6. The van der Waals surface area contributed by atoms with E-state index in [0.717, 1.165) is 19.4 Å². The molecule has 1 amide bonds. The highest BCUT2D eigenvalue weighted by Gasteiger charge is 2.46. The van der Waals surface area contributed by atoms with Crippen LogP contribution < -0.4 is 5.73 Å². The van der Waals surface area contributed by atoms with E-state index < -0.39 is 5.60 Å². The Kier molecular flexibility index (Phi) is 3.08. The van der Waals surface area contributed by atoms with Gasteiger partial charge in [0.2, 0.25) is 0 Å². The first-order chi connectivity index (χ1) is 7.80. The second kappa shape index (κ2) is 4.14. The molecule has 0 spiro atoms. The lowest BCUT2D eigenvalue weighted by molar-refractivity contribution is 0.0153. The number of nitrogens with zero attached hydrogens (tertiary/aromatic N) is 1. The zero-order chi connectivity index (χ0) is 12.7. The minimum absolute atomic E-state index is 0.197. The summed E-state index contributed by atoms with van der Waals surface area (Å²) in [5.74, 6) is 0. The number of hydrogen-bond acceptors (Lipinski definition) is 4. The van der Waals surface area contributed by atoms with Gasteiger partial charge in [-0.15, -0.1) is 0 Å². The predicted octanol–water partition coefficient (Wildman–Crippen LogP) is 1.11. The first-order valence-electron chi connectivity index (χ1n) is 6.19. The van der Waals surface area contributed by atoms with Crippen LogP contribution in [0.15, 0.2) is 0 Å². The van der Waals surface area contributed by atoms with Crippen molar-refractivity contribution in [1.29, 1.82) is 0 Å². The molecule has 2 saturated heterocycles. The third-order valence-electron chi connectivity index (χ3n) is 3.32. The highest BCUT2D eigenvalue weighted by atomic mass is 16.6. The predicted molar refractivity (Wildman–Crippen MR) is 63.7 cm³/mol. The van der Waals surface area contributed by atoms with Gasteiger partial charge in [0.1, 0.15) is 5.60 Å². The van der Waals surface area contributed by atoms with Crippen molar-refractivity contribution in [2.45, 2.75) is 50.9 Å². The Morgan fingerprint density at radius 1 is 1.41 bits per heavy atom. The molecule has 0 aromatic carbocycles. The Morgan fingerprint density at radius 3 is 2.35 bits per heavy atom. The maximum atomic E-state index is 11.8. The number of epoxide rings is 1. The Hall–Kier alpha value is -0.810. The molecule has 2 heterocycles. The molecule has 0 aromatic rings. The number of piperidine rings is 1. The van der Waals surface area contributed by atoms with Crippen LogP contribution in [-0.2, 0) is 9.47 Å². The summed E-state index contributed by atoms with van der Waals surface area (Å²) in [5.41, 5.74) is 5.58. The third-order valence-corrected chi connectivity index (χ3v) is 3.32. The Balaban J connectivity index is 1.84. The third kappa shape index (κ3) is 3.10. The van der Waals surface area contributed by atoms with Crippen LogP contribution in [0.5, 0.6) is 0 Å². The van der Waals surface area contributed by atoms with Gasteiger partial charge in [-0.05, 0) is 33.6 Å². The molecule has 17 heavy (non-hydrogen) atoms. The van der Waals surface area contributed by atoms with E-state index >= 15 is 0 Å². The van der Waals surface area contributed by atoms with E-state index in [2.05, 4.69) is 0 Å². The first-order valence-corrected chi connectivity index (χ1v) is 6.19. The van der Waals surface area contributed by atoms with Crippen LogP contribution in [0.25, 0.3) is 0 Å². The zero-order valence-corrected chi connectivity index (χ0v) is 10.9. The lowest BCUT2D eigenvalue weighted by Gasteiger charge is -2.38. The van der Waals surface area contributed by atoms with Crippen molar-refractivity contribution in [2.75, 3.05) is 19.7 Å². The highest BCUT2D eigenvalue weighted by Crippen LogP contribution is 2.32. The average molecular weight is 242 g/mol. The van der Waals surface area contributed by atoms with E-state index in [1.54, 1.807) is 4.90 Å². The van der Waals surface area contributed by atoms with Crippen LogP contribution in [0.1, 0.15) is 33.6 Å². The second-order valence-corrected chi connectivity index (χ2v) is 6.02. The number of ether oxygens (including phenoxy) is 2. The normalized spacial score (nSPS) is 27.8. The van der Waals surface area contributed by atoms with Gasteiger partial charge in [0.05, 0.1) is 12.7 Å². The van der Waals surface area contributed by atoms with Crippen LogP contribution in [0.4, 0.5) is 4.79 Å². The molecule has 98 valence electrons. The van der Waals surface area contributed by atoms with Crippen molar-refractivity contribution in [3.63, 3.8) is 0 Å². The van der Waals surface area contributed by atoms with Crippen LogP contribution in [0.2, 0.25) is 0 Å². The summed E-state index contributed by atoms with van der Waals surface area (Å²) in [6.07, 6.45) is 1.54. The molecule has 1 atom stereocenters. The summed E-state index contributed by atoms with van der Waals surface area (Å²) in [6.45, 7) is 7.71. The van der Waals surface area contributed by atoms with Gasteiger partial charge in [-0.3, -0.25) is 0 Å². The van der Waals surface area contributed by atoms with E-state index in [1.807, 2.05) is 20.8 Å². The maximum absolute atomic E-state index is 11.8. The number of carbonyl (C=O) groups excluding carboxylic acids is 1. The number of carbonyl (C=O) groups is 1. The van der Waals surface area contributed by atoms with Gasteiger partial charge < -0.3 is 20.1 Å². The number of amides is 1. The quantitative estimate of drug-likeness (QED) is 0.699. The van der Waals surface area contributed by atoms with Gasteiger partial charge in [0.25, 0.3) is 0 Å². The summed E-state index contributed by atoms with van der Waals surface area (Å²) in [5, 5.41) is 0. The molecule has 0 aromatic heterocycles. The molecular formula is C12H22N2O3. The van der Waals surface area contributed by atoms with E-state index in [4.69, 9.17) is 15.2 Å². The van der Waals surface area contributed by atoms with Crippen molar-refractivity contribution in [3.8, 4) is 0 Å². The molecule has 0 aliphatic carbocycles. The smallest absolute Gasteiger partial charge is 0.410 e.